The zero-order valence-corrected chi connectivity index (χ0v) is 12.4. The number of aromatic nitrogens is 1. The molecule has 1 heterocycles. The van der Waals surface area contributed by atoms with Crippen molar-refractivity contribution in [3.05, 3.63) is 48.7 Å². The maximum atomic E-state index is 11.8. The summed E-state index contributed by atoms with van der Waals surface area (Å²) in [6, 6.07) is 13.4. The topological polar surface area (TPSA) is 45.2 Å². The highest BCUT2D eigenvalue weighted by molar-refractivity contribution is 7.99. The molecule has 0 atom stereocenters. The number of carbonyl (C=O) groups excluding carboxylic acids is 1. The Morgan fingerprint density at radius 1 is 1.20 bits per heavy atom. The molecule has 2 rings (SSSR count). The van der Waals surface area contributed by atoms with Crippen molar-refractivity contribution >= 4 is 29.0 Å². The van der Waals surface area contributed by atoms with Crippen LogP contribution in [0.1, 0.15) is 0 Å². The van der Waals surface area contributed by atoms with Gasteiger partial charge in [-0.1, -0.05) is 17.8 Å². The quantitative estimate of drug-likeness (QED) is 0.859. The number of hydrogen-bond donors (Lipinski definition) is 1. The lowest BCUT2D eigenvalue weighted by Gasteiger charge is -2.13. The van der Waals surface area contributed by atoms with Crippen LogP contribution in [0, 0.1) is 0 Å². The monoisotopic (exact) mass is 287 g/mol. The maximum absolute atomic E-state index is 11.8. The maximum Gasteiger partial charge on any atom is 0.234 e. The standard InChI is InChI=1S/C15H17N3OS/c1-18(2)13-8-6-12(7-9-13)17-14(19)11-20-15-5-3-4-10-16-15/h3-10H,11H2,1-2H3,(H,17,19). The summed E-state index contributed by atoms with van der Waals surface area (Å²) in [6.07, 6.45) is 1.72. The van der Waals surface area contributed by atoms with E-state index in [1.807, 2.05) is 61.5 Å². The minimum absolute atomic E-state index is 0.0294. The molecule has 1 aromatic heterocycles. The van der Waals surface area contributed by atoms with Crippen LogP contribution in [0.4, 0.5) is 11.4 Å². The molecule has 2 aromatic rings. The summed E-state index contributed by atoms with van der Waals surface area (Å²) in [5.41, 5.74) is 1.91. The Hall–Kier alpha value is -2.01. The van der Waals surface area contributed by atoms with Crippen molar-refractivity contribution in [2.45, 2.75) is 5.03 Å². The number of nitrogens with zero attached hydrogens (tertiary/aromatic N) is 2. The first kappa shape index (κ1) is 14.4. The van der Waals surface area contributed by atoms with Crippen molar-refractivity contribution < 1.29 is 4.79 Å². The highest BCUT2D eigenvalue weighted by Crippen LogP contribution is 2.17. The van der Waals surface area contributed by atoms with Crippen LogP contribution < -0.4 is 10.2 Å². The van der Waals surface area contributed by atoms with Crippen LogP contribution in [0.5, 0.6) is 0 Å². The van der Waals surface area contributed by atoms with Crippen molar-refractivity contribution in [1.82, 2.24) is 4.98 Å². The molecular weight excluding hydrogens is 270 g/mol. The number of nitrogens with one attached hydrogen (secondary N) is 1. The van der Waals surface area contributed by atoms with E-state index >= 15 is 0 Å². The summed E-state index contributed by atoms with van der Waals surface area (Å²) in [6.45, 7) is 0. The Morgan fingerprint density at radius 3 is 2.55 bits per heavy atom. The second kappa shape index (κ2) is 6.96. The van der Waals surface area contributed by atoms with E-state index in [1.54, 1.807) is 6.20 Å². The molecule has 4 nitrogen and oxygen atoms in total. The zero-order valence-electron chi connectivity index (χ0n) is 11.5. The summed E-state index contributed by atoms with van der Waals surface area (Å²) in [5, 5.41) is 3.72. The van der Waals surface area contributed by atoms with Gasteiger partial charge in [0.1, 0.15) is 0 Å². The molecule has 0 saturated heterocycles. The molecule has 0 radical (unpaired) electrons. The van der Waals surface area contributed by atoms with E-state index in [2.05, 4.69) is 10.3 Å². The van der Waals surface area contributed by atoms with E-state index in [9.17, 15) is 4.79 Å². The molecular formula is C15H17N3OS. The van der Waals surface area contributed by atoms with Crippen molar-refractivity contribution in [2.75, 3.05) is 30.1 Å². The van der Waals surface area contributed by atoms with Crippen LogP contribution in [-0.2, 0) is 4.79 Å². The van der Waals surface area contributed by atoms with Gasteiger partial charge in [0.25, 0.3) is 0 Å². The third-order valence-corrected chi connectivity index (χ3v) is 3.60. The van der Waals surface area contributed by atoms with Gasteiger partial charge < -0.3 is 10.2 Å². The number of hydrogen-bond acceptors (Lipinski definition) is 4. The van der Waals surface area contributed by atoms with Gasteiger partial charge in [-0.2, -0.15) is 0 Å². The fraction of sp³-hybridized carbons (Fsp3) is 0.200. The fourth-order valence-electron chi connectivity index (χ4n) is 1.61. The fourth-order valence-corrected chi connectivity index (χ4v) is 2.27. The van der Waals surface area contributed by atoms with Crippen LogP contribution in [-0.4, -0.2) is 30.7 Å². The molecule has 0 aliphatic heterocycles. The summed E-state index contributed by atoms with van der Waals surface area (Å²) >= 11 is 1.42. The van der Waals surface area contributed by atoms with Crippen molar-refractivity contribution in [1.29, 1.82) is 0 Å². The van der Waals surface area contributed by atoms with Crippen molar-refractivity contribution in [2.24, 2.45) is 0 Å². The average molecular weight is 287 g/mol. The molecule has 104 valence electrons. The third kappa shape index (κ3) is 4.28. The second-order valence-electron chi connectivity index (χ2n) is 4.45. The molecule has 5 heteroatoms. The van der Waals surface area contributed by atoms with Gasteiger partial charge in [-0.3, -0.25) is 4.79 Å². The molecule has 0 aliphatic carbocycles. The minimum atomic E-state index is -0.0294. The van der Waals surface area contributed by atoms with E-state index < -0.39 is 0 Å². The molecule has 0 saturated carbocycles. The normalized spacial score (nSPS) is 10.1. The van der Waals surface area contributed by atoms with Gasteiger partial charge in [0.15, 0.2) is 0 Å². The molecule has 1 N–H and O–H groups in total. The molecule has 0 fully saturated rings. The van der Waals surface area contributed by atoms with E-state index in [1.165, 1.54) is 11.8 Å². The number of thioether (sulfide) groups is 1. The smallest absolute Gasteiger partial charge is 0.234 e. The van der Waals surface area contributed by atoms with Crippen LogP contribution >= 0.6 is 11.8 Å². The van der Waals surface area contributed by atoms with Gasteiger partial charge in [0.2, 0.25) is 5.91 Å². The van der Waals surface area contributed by atoms with Gasteiger partial charge in [0.05, 0.1) is 10.8 Å². The SMILES string of the molecule is CN(C)c1ccc(NC(=O)CSc2ccccn2)cc1. The van der Waals surface area contributed by atoms with E-state index in [4.69, 9.17) is 0 Å². The Morgan fingerprint density at radius 2 is 1.95 bits per heavy atom. The minimum Gasteiger partial charge on any atom is -0.378 e. The van der Waals surface area contributed by atoms with Gasteiger partial charge in [-0.25, -0.2) is 4.98 Å². The molecule has 0 bridgehead atoms. The van der Waals surface area contributed by atoms with Crippen LogP contribution in [0.25, 0.3) is 0 Å². The lowest BCUT2D eigenvalue weighted by Crippen LogP contribution is -2.14. The van der Waals surface area contributed by atoms with E-state index in [0.29, 0.717) is 5.75 Å². The summed E-state index contributed by atoms with van der Waals surface area (Å²) < 4.78 is 0. The van der Waals surface area contributed by atoms with Crippen molar-refractivity contribution in [3.63, 3.8) is 0 Å². The van der Waals surface area contributed by atoms with Crippen LogP contribution in [0.2, 0.25) is 0 Å². The molecule has 0 unspecified atom stereocenters. The molecule has 1 aromatic carbocycles. The van der Waals surface area contributed by atoms with Gasteiger partial charge in [0, 0.05) is 31.7 Å². The first-order valence-electron chi connectivity index (χ1n) is 6.26. The predicted molar refractivity (Wildman–Crippen MR) is 84.4 cm³/mol. The number of anilines is 2. The first-order valence-corrected chi connectivity index (χ1v) is 7.25. The first-order chi connectivity index (χ1) is 9.65. The lowest BCUT2D eigenvalue weighted by molar-refractivity contribution is -0.113. The number of rotatable bonds is 5. The highest BCUT2D eigenvalue weighted by atomic mass is 32.2. The molecule has 0 aliphatic rings. The number of amides is 1. The number of carbonyl (C=O) groups is 1. The highest BCUT2D eigenvalue weighted by Gasteiger charge is 2.04. The number of pyridine rings is 1. The summed E-state index contributed by atoms with van der Waals surface area (Å²) in [5.74, 6) is 0.324. The van der Waals surface area contributed by atoms with E-state index in [0.717, 1.165) is 16.4 Å². The second-order valence-corrected chi connectivity index (χ2v) is 5.44. The summed E-state index contributed by atoms with van der Waals surface area (Å²) in [4.78, 5) is 18.0. The van der Waals surface area contributed by atoms with E-state index in [-0.39, 0.29) is 5.91 Å². The Labute approximate surface area is 123 Å². The average Bonchev–Trinajstić information content (AvgIpc) is 2.47. The zero-order chi connectivity index (χ0) is 14.4. The third-order valence-electron chi connectivity index (χ3n) is 2.66. The largest absolute Gasteiger partial charge is 0.378 e. The van der Waals surface area contributed by atoms with Crippen LogP contribution in [0.15, 0.2) is 53.7 Å². The van der Waals surface area contributed by atoms with Gasteiger partial charge in [-0.05, 0) is 36.4 Å². The van der Waals surface area contributed by atoms with Gasteiger partial charge >= 0.3 is 0 Å². The van der Waals surface area contributed by atoms with Crippen molar-refractivity contribution in [3.8, 4) is 0 Å². The predicted octanol–water partition coefficient (Wildman–Crippen LogP) is 2.88. The molecule has 20 heavy (non-hydrogen) atoms. The Kier molecular flexibility index (Phi) is 5.01. The molecule has 1 amide bonds. The molecule has 0 spiro atoms. The van der Waals surface area contributed by atoms with Crippen LogP contribution in [0.3, 0.4) is 0 Å². The lowest BCUT2D eigenvalue weighted by atomic mass is 10.2. The number of benzene rings is 1. The van der Waals surface area contributed by atoms with Gasteiger partial charge in [-0.15, -0.1) is 0 Å². The summed E-state index contributed by atoms with van der Waals surface area (Å²) in [7, 11) is 3.97. The Balaban J connectivity index is 1.85. The Bertz CT molecular complexity index is 555.